The van der Waals surface area contributed by atoms with E-state index in [1.807, 2.05) is 6.20 Å². The number of nitrogens with one attached hydrogen (secondary N) is 1. The molecule has 112 valence electrons. The van der Waals surface area contributed by atoms with Crippen molar-refractivity contribution in [1.82, 2.24) is 15.1 Å². The van der Waals surface area contributed by atoms with Crippen LogP contribution in [0.5, 0.6) is 0 Å². The minimum Gasteiger partial charge on any atom is -0.383 e. The SMILES string of the molecule is COCCNCc1cnn(Cc2ccccc2)c1C1CC1. The molecule has 1 fully saturated rings. The zero-order chi connectivity index (χ0) is 14.5. The van der Waals surface area contributed by atoms with Gasteiger partial charge in [-0.1, -0.05) is 30.3 Å². The van der Waals surface area contributed by atoms with Gasteiger partial charge in [0, 0.05) is 37.4 Å². The number of rotatable bonds is 8. The standard InChI is InChI=1S/C17H23N3O/c1-21-10-9-18-11-16-12-19-20(17(16)15-7-8-15)13-14-5-3-2-4-6-14/h2-6,12,15,18H,7-11,13H2,1H3. The predicted molar refractivity (Wildman–Crippen MR) is 83.3 cm³/mol. The highest BCUT2D eigenvalue weighted by Crippen LogP contribution is 2.41. The maximum absolute atomic E-state index is 5.07. The Morgan fingerprint density at radius 1 is 1.29 bits per heavy atom. The molecule has 0 atom stereocenters. The molecule has 1 aliphatic carbocycles. The largest absolute Gasteiger partial charge is 0.383 e. The molecule has 21 heavy (non-hydrogen) atoms. The lowest BCUT2D eigenvalue weighted by Gasteiger charge is -2.10. The lowest BCUT2D eigenvalue weighted by Crippen LogP contribution is -2.19. The second-order valence-electron chi connectivity index (χ2n) is 5.64. The lowest BCUT2D eigenvalue weighted by molar-refractivity contribution is 0.199. The van der Waals surface area contributed by atoms with E-state index < -0.39 is 0 Å². The van der Waals surface area contributed by atoms with Crippen molar-refractivity contribution in [2.75, 3.05) is 20.3 Å². The maximum atomic E-state index is 5.07. The van der Waals surface area contributed by atoms with Crippen LogP contribution in [0.3, 0.4) is 0 Å². The molecule has 4 nitrogen and oxygen atoms in total. The quantitative estimate of drug-likeness (QED) is 0.758. The summed E-state index contributed by atoms with van der Waals surface area (Å²) in [4.78, 5) is 0. The molecule has 1 N–H and O–H groups in total. The highest BCUT2D eigenvalue weighted by molar-refractivity contribution is 5.27. The first kappa shape index (κ1) is 14.3. The molecule has 1 heterocycles. The normalized spacial score (nSPS) is 14.5. The van der Waals surface area contributed by atoms with Gasteiger partial charge in [-0.15, -0.1) is 0 Å². The van der Waals surface area contributed by atoms with Gasteiger partial charge in [-0.2, -0.15) is 5.10 Å². The first-order valence-electron chi connectivity index (χ1n) is 7.66. The molecule has 0 unspecified atom stereocenters. The summed E-state index contributed by atoms with van der Waals surface area (Å²) in [7, 11) is 1.73. The molecule has 1 saturated carbocycles. The van der Waals surface area contributed by atoms with Crippen molar-refractivity contribution >= 4 is 0 Å². The van der Waals surface area contributed by atoms with Crippen molar-refractivity contribution in [3.05, 3.63) is 53.3 Å². The van der Waals surface area contributed by atoms with Crippen LogP contribution in [-0.4, -0.2) is 30.0 Å². The first-order chi connectivity index (χ1) is 10.4. The fraction of sp³-hybridized carbons (Fsp3) is 0.471. The van der Waals surface area contributed by atoms with Crippen molar-refractivity contribution in [2.24, 2.45) is 0 Å². The second-order valence-corrected chi connectivity index (χ2v) is 5.64. The molecule has 1 aliphatic rings. The molecule has 0 saturated heterocycles. The number of hydrogen-bond acceptors (Lipinski definition) is 3. The zero-order valence-corrected chi connectivity index (χ0v) is 12.6. The molecule has 3 rings (SSSR count). The summed E-state index contributed by atoms with van der Waals surface area (Å²) in [5.74, 6) is 0.704. The number of benzene rings is 1. The molecule has 0 aliphatic heterocycles. The van der Waals surface area contributed by atoms with Crippen LogP contribution < -0.4 is 5.32 Å². The molecule has 1 aromatic heterocycles. The van der Waals surface area contributed by atoms with Gasteiger partial charge in [0.1, 0.15) is 0 Å². The summed E-state index contributed by atoms with van der Waals surface area (Å²) in [6, 6.07) is 10.6. The second kappa shape index (κ2) is 6.87. The highest BCUT2D eigenvalue weighted by Gasteiger charge is 2.29. The van der Waals surface area contributed by atoms with Crippen LogP contribution in [0.1, 0.15) is 35.6 Å². The molecule has 0 radical (unpaired) electrons. The maximum Gasteiger partial charge on any atom is 0.0662 e. The van der Waals surface area contributed by atoms with Gasteiger partial charge in [0.25, 0.3) is 0 Å². The molecule has 4 heteroatoms. The van der Waals surface area contributed by atoms with Gasteiger partial charge < -0.3 is 10.1 Å². The van der Waals surface area contributed by atoms with Gasteiger partial charge in [-0.3, -0.25) is 4.68 Å². The number of ether oxygens (including phenoxy) is 1. The van der Waals surface area contributed by atoms with E-state index >= 15 is 0 Å². The summed E-state index contributed by atoms with van der Waals surface area (Å²) < 4.78 is 7.25. The lowest BCUT2D eigenvalue weighted by atomic mass is 10.1. The van der Waals surface area contributed by atoms with Gasteiger partial charge in [0.05, 0.1) is 19.3 Å². The Balaban J connectivity index is 1.70. The number of aromatic nitrogens is 2. The topological polar surface area (TPSA) is 39.1 Å². The minimum absolute atomic E-state index is 0.704. The predicted octanol–water partition coefficient (Wildman–Crippen LogP) is 2.54. The van der Waals surface area contributed by atoms with E-state index in [2.05, 4.69) is 45.4 Å². The Morgan fingerprint density at radius 3 is 2.81 bits per heavy atom. The van der Waals surface area contributed by atoms with Crippen LogP contribution in [0.2, 0.25) is 0 Å². The van der Waals surface area contributed by atoms with Crippen LogP contribution >= 0.6 is 0 Å². The summed E-state index contributed by atoms with van der Waals surface area (Å²) in [6.45, 7) is 3.37. The Kier molecular flexibility index (Phi) is 4.68. The van der Waals surface area contributed by atoms with Crippen LogP contribution in [0.4, 0.5) is 0 Å². The molecular formula is C17H23N3O. The zero-order valence-electron chi connectivity index (χ0n) is 12.6. The molecule has 2 aromatic rings. The fourth-order valence-electron chi connectivity index (χ4n) is 2.68. The number of hydrogen-bond donors (Lipinski definition) is 1. The Hall–Kier alpha value is -1.65. The molecule has 1 aromatic carbocycles. The van der Waals surface area contributed by atoms with E-state index in [9.17, 15) is 0 Å². The third kappa shape index (κ3) is 3.71. The summed E-state index contributed by atoms with van der Waals surface area (Å²) >= 11 is 0. The van der Waals surface area contributed by atoms with E-state index in [0.29, 0.717) is 5.92 Å². The average Bonchev–Trinajstić information content (AvgIpc) is 3.27. The average molecular weight is 285 g/mol. The Bertz CT molecular complexity index is 561. The smallest absolute Gasteiger partial charge is 0.0662 e. The third-order valence-electron chi connectivity index (χ3n) is 3.90. The molecule has 0 amide bonds. The van der Waals surface area contributed by atoms with Crippen molar-refractivity contribution in [3.63, 3.8) is 0 Å². The van der Waals surface area contributed by atoms with E-state index in [0.717, 1.165) is 26.2 Å². The highest BCUT2D eigenvalue weighted by atomic mass is 16.5. The van der Waals surface area contributed by atoms with Gasteiger partial charge in [-0.05, 0) is 18.4 Å². The summed E-state index contributed by atoms with van der Waals surface area (Å²) in [5.41, 5.74) is 4.06. The van der Waals surface area contributed by atoms with Gasteiger partial charge in [0.15, 0.2) is 0 Å². The van der Waals surface area contributed by atoms with Crippen molar-refractivity contribution in [3.8, 4) is 0 Å². The number of methoxy groups -OCH3 is 1. The van der Waals surface area contributed by atoms with E-state index in [1.54, 1.807) is 7.11 Å². The van der Waals surface area contributed by atoms with Crippen molar-refractivity contribution < 1.29 is 4.74 Å². The Labute approximate surface area is 126 Å². The Morgan fingerprint density at radius 2 is 2.10 bits per heavy atom. The van der Waals surface area contributed by atoms with Crippen LogP contribution in [0.15, 0.2) is 36.5 Å². The first-order valence-corrected chi connectivity index (χ1v) is 7.66. The van der Waals surface area contributed by atoms with Gasteiger partial charge >= 0.3 is 0 Å². The van der Waals surface area contributed by atoms with Crippen molar-refractivity contribution in [2.45, 2.75) is 31.8 Å². The van der Waals surface area contributed by atoms with Gasteiger partial charge in [0.2, 0.25) is 0 Å². The van der Waals surface area contributed by atoms with Gasteiger partial charge in [-0.25, -0.2) is 0 Å². The van der Waals surface area contributed by atoms with E-state index in [4.69, 9.17) is 4.74 Å². The molecule has 0 spiro atoms. The van der Waals surface area contributed by atoms with Crippen LogP contribution in [0.25, 0.3) is 0 Å². The number of nitrogens with zero attached hydrogens (tertiary/aromatic N) is 2. The van der Waals surface area contributed by atoms with Crippen LogP contribution in [-0.2, 0) is 17.8 Å². The van der Waals surface area contributed by atoms with Crippen molar-refractivity contribution in [1.29, 1.82) is 0 Å². The third-order valence-corrected chi connectivity index (χ3v) is 3.90. The van der Waals surface area contributed by atoms with Crippen LogP contribution in [0, 0.1) is 0 Å². The summed E-state index contributed by atoms with van der Waals surface area (Å²) in [5, 5.41) is 8.04. The summed E-state index contributed by atoms with van der Waals surface area (Å²) in [6.07, 6.45) is 4.62. The molecule has 0 bridgehead atoms. The molecular weight excluding hydrogens is 262 g/mol. The minimum atomic E-state index is 0.704. The van der Waals surface area contributed by atoms with E-state index in [-0.39, 0.29) is 0 Å². The monoisotopic (exact) mass is 285 g/mol. The fourth-order valence-corrected chi connectivity index (χ4v) is 2.68. The van der Waals surface area contributed by atoms with E-state index in [1.165, 1.54) is 29.7 Å².